The molecule has 0 spiro atoms. The van der Waals surface area contributed by atoms with E-state index in [0.29, 0.717) is 6.42 Å². The van der Waals surface area contributed by atoms with Crippen LogP contribution >= 0.6 is 11.6 Å². The molecule has 0 fully saturated rings. The Kier molecular flexibility index (Phi) is 5.09. The summed E-state index contributed by atoms with van der Waals surface area (Å²) in [6.45, 7) is 3.65. The monoisotopic (exact) mass is 270 g/mol. The lowest BCUT2D eigenvalue weighted by molar-refractivity contribution is -0.140. The van der Waals surface area contributed by atoms with Crippen molar-refractivity contribution in [2.24, 2.45) is 5.92 Å². The maximum absolute atomic E-state index is 11.8. The van der Waals surface area contributed by atoms with Crippen LogP contribution in [0.15, 0.2) is 18.3 Å². The number of halogens is 1. The molecule has 0 aliphatic rings. The van der Waals surface area contributed by atoms with Crippen molar-refractivity contribution in [2.45, 2.75) is 26.3 Å². The number of hydrogen-bond donors (Lipinski definition) is 2. The molecule has 6 heteroatoms. The van der Waals surface area contributed by atoms with Crippen LogP contribution in [0.2, 0.25) is 5.15 Å². The Morgan fingerprint density at radius 1 is 1.50 bits per heavy atom. The molecule has 0 aromatic carbocycles. The summed E-state index contributed by atoms with van der Waals surface area (Å²) < 4.78 is 0. The summed E-state index contributed by atoms with van der Waals surface area (Å²) in [4.78, 5) is 26.7. The fraction of sp³-hybridized carbons (Fsp3) is 0.417. The quantitative estimate of drug-likeness (QED) is 0.802. The summed E-state index contributed by atoms with van der Waals surface area (Å²) in [7, 11) is 0. The molecule has 5 nitrogen and oxygen atoms in total. The molecule has 1 aromatic rings. The van der Waals surface area contributed by atoms with E-state index >= 15 is 0 Å². The minimum Gasteiger partial charge on any atom is -0.480 e. The number of aliphatic carboxylic acids is 1. The molecular formula is C12H15ClN2O3. The van der Waals surface area contributed by atoms with Crippen molar-refractivity contribution in [3.8, 4) is 0 Å². The first-order valence-electron chi connectivity index (χ1n) is 5.61. The number of pyridine rings is 1. The third kappa shape index (κ3) is 3.70. The van der Waals surface area contributed by atoms with Crippen LogP contribution in [0.3, 0.4) is 0 Å². The first-order valence-corrected chi connectivity index (χ1v) is 5.98. The number of aromatic nitrogens is 1. The van der Waals surface area contributed by atoms with Crippen LogP contribution in [0, 0.1) is 5.92 Å². The number of carbonyl (C=O) groups is 2. The number of carboxylic acids is 1. The van der Waals surface area contributed by atoms with E-state index in [4.69, 9.17) is 16.7 Å². The Balaban J connectivity index is 2.78. The average Bonchev–Trinajstić information content (AvgIpc) is 2.35. The van der Waals surface area contributed by atoms with E-state index in [1.807, 2.05) is 6.92 Å². The van der Waals surface area contributed by atoms with Crippen molar-refractivity contribution >= 4 is 23.5 Å². The molecule has 0 aliphatic carbocycles. The van der Waals surface area contributed by atoms with Crippen LogP contribution in [0.5, 0.6) is 0 Å². The molecular weight excluding hydrogens is 256 g/mol. The van der Waals surface area contributed by atoms with Gasteiger partial charge in [0.1, 0.15) is 11.2 Å². The van der Waals surface area contributed by atoms with Crippen LogP contribution in [0.4, 0.5) is 0 Å². The van der Waals surface area contributed by atoms with Gasteiger partial charge in [0.15, 0.2) is 0 Å². The Labute approximate surface area is 110 Å². The van der Waals surface area contributed by atoms with E-state index in [1.165, 1.54) is 18.3 Å². The van der Waals surface area contributed by atoms with Gasteiger partial charge in [-0.1, -0.05) is 31.9 Å². The third-order valence-electron chi connectivity index (χ3n) is 2.76. The molecule has 0 saturated carbocycles. The van der Waals surface area contributed by atoms with Gasteiger partial charge in [0.25, 0.3) is 5.91 Å². The van der Waals surface area contributed by atoms with Crippen molar-refractivity contribution in [3.63, 3.8) is 0 Å². The Bertz CT molecular complexity index is 433. The first kappa shape index (κ1) is 14.4. The van der Waals surface area contributed by atoms with Gasteiger partial charge in [0.05, 0.1) is 5.56 Å². The van der Waals surface area contributed by atoms with E-state index in [2.05, 4.69) is 10.3 Å². The third-order valence-corrected chi connectivity index (χ3v) is 2.98. The lowest BCUT2D eigenvalue weighted by Gasteiger charge is -2.19. The molecule has 1 unspecified atom stereocenters. The zero-order valence-electron chi connectivity index (χ0n) is 10.2. The van der Waals surface area contributed by atoms with E-state index in [-0.39, 0.29) is 16.6 Å². The lowest BCUT2D eigenvalue weighted by Crippen LogP contribution is -2.45. The van der Waals surface area contributed by atoms with Crippen molar-refractivity contribution in [1.82, 2.24) is 10.3 Å². The molecule has 18 heavy (non-hydrogen) atoms. The van der Waals surface area contributed by atoms with Crippen LogP contribution in [-0.2, 0) is 4.79 Å². The van der Waals surface area contributed by atoms with Crippen LogP contribution in [-0.4, -0.2) is 28.0 Å². The van der Waals surface area contributed by atoms with E-state index < -0.39 is 17.9 Å². The number of hydrogen-bond acceptors (Lipinski definition) is 3. The molecule has 0 radical (unpaired) electrons. The van der Waals surface area contributed by atoms with Gasteiger partial charge >= 0.3 is 5.97 Å². The summed E-state index contributed by atoms with van der Waals surface area (Å²) >= 11 is 5.61. The van der Waals surface area contributed by atoms with Gasteiger partial charge in [0, 0.05) is 6.20 Å². The molecule has 1 amide bonds. The highest BCUT2D eigenvalue weighted by atomic mass is 35.5. The molecule has 1 aromatic heterocycles. The topological polar surface area (TPSA) is 79.3 Å². The zero-order chi connectivity index (χ0) is 13.7. The van der Waals surface area contributed by atoms with E-state index in [0.717, 1.165) is 0 Å². The normalized spacial score (nSPS) is 13.7. The van der Waals surface area contributed by atoms with Crippen LogP contribution in [0.1, 0.15) is 30.6 Å². The predicted molar refractivity (Wildman–Crippen MR) is 67.6 cm³/mol. The lowest BCUT2D eigenvalue weighted by atomic mass is 9.99. The van der Waals surface area contributed by atoms with Gasteiger partial charge in [-0.05, 0) is 18.1 Å². The number of rotatable bonds is 5. The van der Waals surface area contributed by atoms with Gasteiger partial charge in [-0.3, -0.25) is 4.79 Å². The second-order valence-corrected chi connectivity index (χ2v) is 4.43. The predicted octanol–water partition coefficient (Wildman–Crippen LogP) is 1.96. The van der Waals surface area contributed by atoms with Crippen LogP contribution < -0.4 is 5.32 Å². The summed E-state index contributed by atoms with van der Waals surface area (Å²) in [6, 6.07) is 2.08. The SMILES string of the molecule is CCC(C)[C@H](NC(=O)c1ccc(Cl)nc1)C(=O)O. The van der Waals surface area contributed by atoms with Crippen molar-refractivity contribution < 1.29 is 14.7 Å². The van der Waals surface area contributed by atoms with Crippen molar-refractivity contribution in [1.29, 1.82) is 0 Å². The second kappa shape index (κ2) is 6.35. The molecule has 98 valence electrons. The fourth-order valence-electron chi connectivity index (χ4n) is 1.42. The van der Waals surface area contributed by atoms with E-state index in [1.54, 1.807) is 6.92 Å². The number of nitrogens with zero attached hydrogens (tertiary/aromatic N) is 1. The van der Waals surface area contributed by atoms with Crippen LogP contribution in [0.25, 0.3) is 0 Å². The van der Waals surface area contributed by atoms with Gasteiger partial charge < -0.3 is 10.4 Å². The van der Waals surface area contributed by atoms with Gasteiger partial charge in [-0.15, -0.1) is 0 Å². The maximum Gasteiger partial charge on any atom is 0.326 e. The average molecular weight is 271 g/mol. The highest BCUT2D eigenvalue weighted by Gasteiger charge is 2.25. The minimum atomic E-state index is -1.04. The molecule has 0 saturated heterocycles. The summed E-state index contributed by atoms with van der Waals surface area (Å²) in [5.74, 6) is -1.65. The fourth-order valence-corrected chi connectivity index (χ4v) is 1.53. The minimum absolute atomic E-state index is 0.147. The standard InChI is InChI=1S/C12H15ClN2O3/c1-3-7(2)10(12(17)18)15-11(16)8-4-5-9(13)14-6-8/h4-7,10H,3H2,1-2H3,(H,15,16)(H,17,18)/t7?,10-/m0/s1. The molecule has 1 rings (SSSR count). The summed E-state index contributed by atoms with van der Waals surface area (Å²) in [6.07, 6.45) is 1.98. The maximum atomic E-state index is 11.8. The van der Waals surface area contributed by atoms with Gasteiger partial charge in [-0.25, -0.2) is 9.78 Å². The summed E-state index contributed by atoms with van der Waals surface area (Å²) in [5.41, 5.74) is 0.286. The number of amides is 1. The van der Waals surface area contributed by atoms with Crippen molar-refractivity contribution in [3.05, 3.63) is 29.0 Å². The molecule has 2 atom stereocenters. The molecule has 1 heterocycles. The summed E-state index contributed by atoms with van der Waals surface area (Å²) in [5, 5.41) is 11.8. The zero-order valence-corrected chi connectivity index (χ0v) is 10.9. The number of carboxylic acid groups (broad SMARTS) is 1. The smallest absolute Gasteiger partial charge is 0.326 e. The number of carbonyl (C=O) groups excluding carboxylic acids is 1. The molecule has 0 bridgehead atoms. The number of nitrogens with one attached hydrogen (secondary N) is 1. The molecule has 2 N–H and O–H groups in total. The van der Waals surface area contributed by atoms with Crippen molar-refractivity contribution in [2.75, 3.05) is 0 Å². The second-order valence-electron chi connectivity index (χ2n) is 4.04. The Morgan fingerprint density at radius 2 is 2.17 bits per heavy atom. The van der Waals surface area contributed by atoms with E-state index in [9.17, 15) is 9.59 Å². The Morgan fingerprint density at radius 3 is 2.61 bits per heavy atom. The highest BCUT2D eigenvalue weighted by Crippen LogP contribution is 2.10. The largest absolute Gasteiger partial charge is 0.480 e. The molecule has 0 aliphatic heterocycles. The van der Waals surface area contributed by atoms with Gasteiger partial charge in [0.2, 0.25) is 0 Å². The first-order chi connectivity index (χ1) is 8.45. The van der Waals surface area contributed by atoms with Gasteiger partial charge in [-0.2, -0.15) is 0 Å². The Hall–Kier alpha value is -1.62. The highest BCUT2D eigenvalue weighted by molar-refractivity contribution is 6.29.